The Morgan fingerprint density at radius 2 is 1.93 bits per heavy atom. The first-order valence-corrected chi connectivity index (χ1v) is 11.3. The number of Topliss-reactive ketones (excluding diaryl/α,β-unsaturated/α-hetero) is 1. The minimum atomic E-state index is 0.330. The molecular weight excluding hydrogens is 352 g/mol. The van der Waals surface area contributed by atoms with Crippen LogP contribution >= 0.6 is 11.3 Å². The number of thiophene rings is 1. The van der Waals surface area contributed by atoms with Gasteiger partial charge in [-0.15, -0.1) is 11.3 Å². The van der Waals surface area contributed by atoms with Gasteiger partial charge in [-0.2, -0.15) is 0 Å². The van der Waals surface area contributed by atoms with E-state index in [2.05, 4.69) is 45.9 Å². The summed E-state index contributed by atoms with van der Waals surface area (Å²) in [5.74, 6) is 1.05. The Morgan fingerprint density at radius 1 is 1.11 bits per heavy atom. The van der Waals surface area contributed by atoms with Crippen LogP contribution in [-0.4, -0.2) is 36.9 Å². The van der Waals surface area contributed by atoms with E-state index in [1.165, 1.54) is 28.8 Å². The molecule has 0 aliphatic carbocycles. The second kappa shape index (κ2) is 9.13. The lowest BCUT2D eigenvalue weighted by molar-refractivity contribution is 0.0970. The molecule has 0 unspecified atom stereocenters. The summed E-state index contributed by atoms with van der Waals surface area (Å²) in [6, 6.07) is 10.8. The molecule has 4 heteroatoms. The maximum atomic E-state index is 12.7. The zero-order valence-electron chi connectivity index (χ0n) is 16.1. The molecule has 0 bridgehead atoms. The number of hydrogen-bond acceptors (Lipinski definition) is 4. The molecule has 2 aliphatic rings. The first-order valence-electron chi connectivity index (χ1n) is 10.4. The second-order valence-electron chi connectivity index (χ2n) is 7.99. The van der Waals surface area contributed by atoms with Crippen molar-refractivity contribution >= 4 is 17.1 Å². The van der Waals surface area contributed by atoms with Crippen molar-refractivity contribution in [1.82, 2.24) is 10.2 Å². The van der Waals surface area contributed by atoms with E-state index in [0.717, 1.165) is 63.5 Å². The molecule has 1 aromatic heterocycles. The van der Waals surface area contributed by atoms with Crippen molar-refractivity contribution in [3.05, 3.63) is 57.3 Å². The lowest BCUT2D eigenvalue weighted by Gasteiger charge is -2.22. The highest BCUT2D eigenvalue weighted by Crippen LogP contribution is 2.23. The lowest BCUT2D eigenvalue weighted by atomic mass is 9.90. The van der Waals surface area contributed by atoms with Crippen molar-refractivity contribution in [3.8, 4) is 0 Å². The van der Waals surface area contributed by atoms with Gasteiger partial charge in [-0.05, 0) is 79.8 Å². The Balaban J connectivity index is 1.34. The second-order valence-corrected chi connectivity index (χ2v) is 9.03. The fraction of sp³-hybridized carbons (Fsp3) is 0.522. The molecule has 3 nitrogen and oxygen atoms in total. The van der Waals surface area contributed by atoms with Crippen molar-refractivity contribution in [1.29, 1.82) is 0 Å². The molecule has 0 radical (unpaired) electrons. The quantitative estimate of drug-likeness (QED) is 0.756. The van der Waals surface area contributed by atoms with E-state index in [0.29, 0.717) is 12.2 Å². The summed E-state index contributed by atoms with van der Waals surface area (Å²) in [5, 5.41) is 5.56. The monoisotopic (exact) mass is 382 g/mol. The van der Waals surface area contributed by atoms with E-state index in [9.17, 15) is 4.79 Å². The van der Waals surface area contributed by atoms with Crippen molar-refractivity contribution in [3.63, 3.8) is 0 Å². The summed E-state index contributed by atoms with van der Waals surface area (Å²) >= 11 is 1.84. The van der Waals surface area contributed by atoms with Crippen LogP contribution in [0.3, 0.4) is 0 Å². The summed E-state index contributed by atoms with van der Waals surface area (Å²) in [6.45, 7) is 5.46. The zero-order valence-corrected chi connectivity index (χ0v) is 16.9. The molecule has 2 aliphatic heterocycles. The van der Waals surface area contributed by atoms with Gasteiger partial charge in [0.15, 0.2) is 5.78 Å². The predicted molar refractivity (Wildman–Crippen MR) is 113 cm³/mol. The van der Waals surface area contributed by atoms with Gasteiger partial charge in [0.2, 0.25) is 0 Å². The van der Waals surface area contributed by atoms with Crippen molar-refractivity contribution in [2.24, 2.45) is 5.92 Å². The molecule has 1 saturated heterocycles. The van der Waals surface area contributed by atoms with Gasteiger partial charge in [0.05, 0.1) is 0 Å². The van der Waals surface area contributed by atoms with Gasteiger partial charge >= 0.3 is 0 Å². The fourth-order valence-corrected chi connectivity index (χ4v) is 5.12. The Kier molecular flexibility index (Phi) is 6.38. The molecule has 2 aromatic rings. The highest BCUT2D eigenvalue weighted by atomic mass is 32.1. The Morgan fingerprint density at radius 3 is 2.70 bits per heavy atom. The largest absolute Gasteiger partial charge is 0.317 e. The van der Waals surface area contributed by atoms with Gasteiger partial charge in [0, 0.05) is 36.5 Å². The van der Waals surface area contributed by atoms with Crippen molar-refractivity contribution in [2.45, 2.75) is 45.1 Å². The minimum absolute atomic E-state index is 0.330. The lowest BCUT2D eigenvalue weighted by Crippen LogP contribution is -2.28. The molecule has 27 heavy (non-hydrogen) atoms. The fourth-order valence-electron chi connectivity index (χ4n) is 4.38. The maximum Gasteiger partial charge on any atom is 0.162 e. The predicted octanol–water partition coefficient (Wildman–Crippen LogP) is 4.31. The molecule has 0 spiro atoms. The summed E-state index contributed by atoms with van der Waals surface area (Å²) in [7, 11) is 0. The molecule has 0 atom stereocenters. The molecule has 0 amide bonds. The molecule has 4 rings (SSSR count). The van der Waals surface area contributed by atoms with Crippen LogP contribution < -0.4 is 5.32 Å². The number of rotatable bonds is 6. The summed E-state index contributed by atoms with van der Waals surface area (Å²) in [4.78, 5) is 16.7. The third-order valence-corrected chi connectivity index (χ3v) is 6.98. The number of nitrogens with one attached hydrogen (secondary N) is 1. The molecule has 1 fully saturated rings. The van der Waals surface area contributed by atoms with Crippen LogP contribution in [0, 0.1) is 5.92 Å². The molecular formula is C23H30N2OS. The highest BCUT2D eigenvalue weighted by molar-refractivity contribution is 7.09. The molecule has 3 heterocycles. The van der Waals surface area contributed by atoms with E-state index in [1.54, 1.807) is 0 Å². The van der Waals surface area contributed by atoms with Crippen LogP contribution in [0.4, 0.5) is 0 Å². The number of nitrogens with zero attached hydrogens (tertiary/aromatic N) is 1. The highest BCUT2D eigenvalue weighted by Gasteiger charge is 2.18. The van der Waals surface area contributed by atoms with Gasteiger partial charge in [-0.25, -0.2) is 0 Å². The number of fused-ring (bicyclic) bond motifs is 1. The van der Waals surface area contributed by atoms with Crippen molar-refractivity contribution in [2.75, 3.05) is 26.2 Å². The first-order chi connectivity index (χ1) is 13.3. The van der Waals surface area contributed by atoms with Crippen LogP contribution in [0.25, 0.3) is 0 Å². The first kappa shape index (κ1) is 18.9. The zero-order chi connectivity index (χ0) is 18.5. The molecule has 1 N–H and O–H groups in total. The van der Waals surface area contributed by atoms with E-state index in [1.807, 2.05) is 11.3 Å². The van der Waals surface area contributed by atoms with Crippen LogP contribution in [-0.2, 0) is 19.4 Å². The van der Waals surface area contributed by atoms with Crippen LogP contribution in [0.15, 0.2) is 35.7 Å². The number of hydrogen-bond donors (Lipinski definition) is 1. The Bertz CT molecular complexity index is 750. The van der Waals surface area contributed by atoms with E-state index in [-0.39, 0.29) is 0 Å². The number of ketones is 1. The summed E-state index contributed by atoms with van der Waals surface area (Å²) in [5.41, 5.74) is 3.74. The van der Waals surface area contributed by atoms with Gasteiger partial charge in [-0.3, -0.25) is 9.69 Å². The third kappa shape index (κ3) is 5.07. The van der Waals surface area contributed by atoms with E-state index >= 15 is 0 Å². The average Bonchev–Trinajstić information content (AvgIpc) is 3.14. The maximum absolute atomic E-state index is 12.7. The number of carbonyl (C=O) groups excluding carboxylic acids is 1. The van der Waals surface area contributed by atoms with Gasteiger partial charge in [-0.1, -0.05) is 18.2 Å². The standard InChI is InChI=1S/C23H30N2OS/c26-23(6-3-18-7-11-24-12-8-18)21-5-4-19-9-13-25(14-10-20(19)16-21)17-22-2-1-15-27-22/h1-2,4-5,15-16,18,24H,3,6-14,17H2. The third-order valence-electron chi connectivity index (χ3n) is 6.12. The summed E-state index contributed by atoms with van der Waals surface area (Å²) in [6.07, 6.45) is 6.33. The van der Waals surface area contributed by atoms with Crippen LogP contribution in [0.2, 0.25) is 0 Å². The topological polar surface area (TPSA) is 32.3 Å². The molecule has 0 saturated carbocycles. The van der Waals surface area contributed by atoms with Gasteiger partial charge < -0.3 is 5.32 Å². The Labute approximate surface area is 166 Å². The number of benzene rings is 1. The normalized spacial score (nSPS) is 18.8. The minimum Gasteiger partial charge on any atom is -0.317 e. The van der Waals surface area contributed by atoms with E-state index in [4.69, 9.17) is 0 Å². The van der Waals surface area contributed by atoms with Gasteiger partial charge in [0.25, 0.3) is 0 Å². The van der Waals surface area contributed by atoms with Gasteiger partial charge in [0.1, 0.15) is 0 Å². The van der Waals surface area contributed by atoms with Crippen LogP contribution in [0.1, 0.15) is 52.0 Å². The molecule has 1 aromatic carbocycles. The Hall–Kier alpha value is -1.49. The van der Waals surface area contributed by atoms with Crippen LogP contribution in [0.5, 0.6) is 0 Å². The molecule has 144 valence electrons. The summed E-state index contributed by atoms with van der Waals surface area (Å²) < 4.78 is 0. The smallest absolute Gasteiger partial charge is 0.162 e. The number of carbonyl (C=O) groups is 1. The average molecular weight is 383 g/mol. The number of piperidine rings is 1. The van der Waals surface area contributed by atoms with E-state index < -0.39 is 0 Å². The van der Waals surface area contributed by atoms with Crippen molar-refractivity contribution < 1.29 is 4.79 Å². The SMILES string of the molecule is O=C(CCC1CCNCC1)c1ccc2c(c1)CCN(Cc1cccs1)CC2.